The van der Waals surface area contributed by atoms with E-state index in [4.69, 9.17) is 0 Å². The Bertz CT molecular complexity index is 586. The molecule has 0 aromatic rings. The molecule has 0 N–H and O–H groups in total. The zero-order valence-electron chi connectivity index (χ0n) is 14.0. The van der Waals surface area contributed by atoms with Crippen molar-refractivity contribution in [1.82, 2.24) is 0 Å². The smallest absolute Gasteiger partial charge is 0.351 e. The molecular formula is C16H22N2O6. The zero-order valence-corrected chi connectivity index (χ0v) is 14.0. The van der Waals surface area contributed by atoms with Crippen LogP contribution < -0.4 is 0 Å². The monoisotopic (exact) mass is 338 g/mol. The van der Waals surface area contributed by atoms with E-state index in [1.165, 1.54) is 0 Å². The molecule has 0 spiro atoms. The topological polar surface area (TPSA) is 120 Å². The third kappa shape index (κ3) is 2.44. The van der Waals surface area contributed by atoms with Crippen LogP contribution >= 0.6 is 0 Å². The van der Waals surface area contributed by atoms with Crippen LogP contribution in [0.1, 0.15) is 65.2 Å². The van der Waals surface area contributed by atoms with Crippen molar-refractivity contribution in [1.29, 1.82) is 0 Å². The number of azo groups is 1. The Morgan fingerprint density at radius 1 is 0.792 bits per heavy atom. The van der Waals surface area contributed by atoms with Gasteiger partial charge in [-0.1, -0.05) is 0 Å². The maximum Gasteiger partial charge on any atom is 0.351 e. The second kappa shape index (κ2) is 6.41. The summed E-state index contributed by atoms with van der Waals surface area (Å²) in [5.74, 6) is -2.71. The summed E-state index contributed by atoms with van der Waals surface area (Å²) in [6.07, 6.45) is 1.85. The molecule has 2 fully saturated rings. The van der Waals surface area contributed by atoms with Gasteiger partial charge >= 0.3 is 11.1 Å². The van der Waals surface area contributed by atoms with E-state index in [0.717, 1.165) is 13.8 Å². The summed E-state index contributed by atoms with van der Waals surface area (Å²) in [5, 5.41) is 25.6. The van der Waals surface area contributed by atoms with Gasteiger partial charge < -0.3 is 10.4 Å². The zero-order chi connectivity index (χ0) is 18.1. The molecule has 2 aliphatic rings. The lowest BCUT2D eigenvalue weighted by Crippen LogP contribution is -2.63. The second-order valence-electron chi connectivity index (χ2n) is 6.64. The highest BCUT2D eigenvalue weighted by molar-refractivity contribution is 6.10. The molecule has 2 atom stereocenters. The number of Topliss-reactive ketones (excluding diaryl/α,β-unsaturated/α-hetero) is 4. The molecule has 0 heterocycles. The molecule has 2 rings (SSSR count). The summed E-state index contributed by atoms with van der Waals surface area (Å²) in [5.41, 5.74) is -4.25. The normalized spacial score (nSPS) is 32.2. The van der Waals surface area contributed by atoms with E-state index in [1.807, 2.05) is 0 Å². The van der Waals surface area contributed by atoms with Crippen molar-refractivity contribution in [3.8, 4) is 0 Å². The predicted molar refractivity (Wildman–Crippen MR) is 81.0 cm³/mol. The van der Waals surface area contributed by atoms with Crippen molar-refractivity contribution >= 4 is 23.1 Å². The summed E-state index contributed by atoms with van der Waals surface area (Å²) < 4.78 is 0. The molecule has 0 aromatic heterocycles. The van der Waals surface area contributed by atoms with E-state index in [0.29, 0.717) is 25.7 Å². The van der Waals surface area contributed by atoms with E-state index in [-0.39, 0.29) is 35.4 Å². The SMILES string of the molecule is CC(=O)C1(/[N+]([O-])=[N+](\[O-])C2(C(C)=O)CCCCC2=O)CCCCC1=O. The Morgan fingerprint density at radius 2 is 1.12 bits per heavy atom. The third-order valence-corrected chi connectivity index (χ3v) is 5.29. The number of carbonyl (C=O) groups excluding carboxylic acids is 4. The summed E-state index contributed by atoms with van der Waals surface area (Å²) in [7, 11) is 0. The van der Waals surface area contributed by atoms with Gasteiger partial charge in [0, 0.05) is 39.5 Å². The van der Waals surface area contributed by atoms with Crippen molar-refractivity contribution < 1.29 is 28.9 Å². The van der Waals surface area contributed by atoms with Crippen LogP contribution in [0.5, 0.6) is 0 Å². The molecule has 0 bridgehead atoms. The van der Waals surface area contributed by atoms with Gasteiger partial charge in [0.05, 0.1) is 9.72 Å². The van der Waals surface area contributed by atoms with Crippen molar-refractivity contribution in [2.24, 2.45) is 0 Å². The molecule has 132 valence electrons. The largest absolute Gasteiger partial charge is 0.566 e. The fraction of sp³-hybridized carbons (Fsp3) is 0.750. The first-order valence-electron chi connectivity index (χ1n) is 8.24. The molecule has 0 aromatic carbocycles. The minimum absolute atomic E-state index is 0.0210. The molecule has 0 amide bonds. The van der Waals surface area contributed by atoms with Gasteiger partial charge in [-0.05, 0) is 25.7 Å². The summed E-state index contributed by atoms with van der Waals surface area (Å²) in [6, 6.07) is 0. The van der Waals surface area contributed by atoms with Gasteiger partial charge in [-0.3, -0.25) is 19.2 Å². The van der Waals surface area contributed by atoms with Crippen molar-refractivity contribution in [2.75, 3.05) is 0 Å². The third-order valence-electron chi connectivity index (χ3n) is 5.29. The quantitative estimate of drug-likeness (QED) is 0.331. The Balaban J connectivity index is 2.66. The number of nitrogens with zero attached hydrogens (tertiary/aromatic N) is 2. The number of hydroxylamine groups is 2. The van der Waals surface area contributed by atoms with Gasteiger partial charge in [-0.2, -0.15) is 0 Å². The van der Waals surface area contributed by atoms with Crippen molar-refractivity contribution in [3.05, 3.63) is 10.4 Å². The minimum atomic E-state index is -2.12. The Labute approximate surface area is 139 Å². The van der Waals surface area contributed by atoms with Crippen LogP contribution in [0.2, 0.25) is 0 Å². The highest BCUT2D eigenvalue weighted by Crippen LogP contribution is 2.34. The number of rotatable bonds is 4. The maximum absolute atomic E-state index is 12.8. The fourth-order valence-electron chi connectivity index (χ4n) is 3.75. The van der Waals surface area contributed by atoms with Crippen LogP contribution in [-0.4, -0.2) is 43.9 Å². The average Bonchev–Trinajstić information content (AvgIpc) is 2.54. The molecule has 24 heavy (non-hydrogen) atoms. The summed E-state index contributed by atoms with van der Waals surface area (Å²) >= 11 is 0. The first kappa shape index (κ1) is 18.2. The van der Waals surface area contributed by atoms with Crippen LogP contribution in [0.3, 0.4) is 0 Å². The highest BCUT2D eigenvalue weighted by Gasteiger charge is 2.63. The maximum atomic E-state index is 12.8. The lowest BCUT2D eigenvalue weighted by atomic mass is 9.77. The molecule has 8 nitrogen and oxygen atoms in total. The highest BCUT2D eigenvalue weighted by atomic mass is 16.6. The summed E-state index contributed by atoms with van der Waals surface area (Å²) in [4.78, 5) is 48.5. The van der Waals surface area contributed by atoms with Crippen molar-refractivity contribution in [3.63, 3.8) is 0 Å². The Hall–Kier alpha value is -2.12. The van der Waals surface area contributed by atoms with Gasteiger partial charge in [0.2, 0.25) is 23.1 Å². The first-order chi connectivity index (χ1) is 11.2. The second-order valence-corrected chi connectivity index (χ2v) is 6.64. The van der Waals surface area contributed by atoms with E-state index in [9.17, 15) is 29.6 Å². The van der Waals surface area contributed by atoms with Gasteiger partial charge in [-0.15, -0.1) is 0 Å². The van der Waals surface area contributed by atoms with Gasteiger partial charge in [0.25, 0.3) is 0 Å². The van der Waals surface area contributed by atoms with Crippen LogP contribution in [-0.2, 0) is 19.2 Å². The minimum Gasteiger partial charge on any atom is -0.566 e. The molecule has 2 unspecified atom stereocenters. The van der Waals surface area contributed by atoms with Crippen LogP contribution in [0.25, 0.3) is 0 Å². The lowest BCUT2D eigenvalue weighted by Gasteiger charge is -2.32. The van der Waals surface area contributed by atoms with E-state index >= 15 is 0 Å². The molecule has 2 aliphatic carbocycles. The van der Waals surface area contributed by atoms with Gasteiger partial charge in [-0.25, -0.2) is 0 Å². The number of hydrogen-bond donors (Lipinski definition) is 0. The average molecular weight is 338 g/mol. The van der Waals surface area contributed by atoms with Crippen LogP contribution in [0.15, 0.2) is 0 Å². The van der Waals surface area contributed by atoms with E-state index in [1.54, 1.807) is 0 Å². The molecule has 8 heteroatoms. The Morgan fingerprint density at radius 3 is 1.38 bits per heavy atom. The molecule has 0 saturated heterocycles. The summed E-state index contributed by atoms with van der Waals surface area (Å²) in [6.45, 7) is 2.18. The van der Waals surface area contributed by atoms with Crippen LogP contribution in [0, 0.1) is 10.4 Å². The van der Waals surface area contributed by atoms with E-state index < -0.39 is 34.2 Å². The number of ketones is 4. The first-order valence-corrected chi connectivity index (χ1v) is 8.24. The molecule has 2 saturated carbocycles. The molecule has 0 radical (unpaired) electrons. The standard InChI is InChI=1S/C16H22N2O6/c1-11(19)15(9-5-3-7-13(15)21)17(23)18(24)16(12(2)20)10-6-4-8-14(16)22/h3-10H2,1-2H3/b18-17+. The molecular weight excluding hydrogens is 316 g/mol. The lowest BCUT2D eigenvalue weighted by molar-refractivity contribution is -1.00. The van der Waals surface area contributed by atoms with Gasteiger partial charge in [0.15, 0.2) is 0 Å². The fourth-order valence-corrected chi connectivity index (χ4v) is 3.75. The van der Waals surface area contributed by atoms with Crippen molar-refractivity contribution in [2.45, 2.75) is 76.3 Å². The Kier molecular flexibility index (Phi) is 4.87. The molecule has 0 aliphatic heterocycles. The van der Waals surface area contributed by atoms with Crippen LogP contribution in [0.4, 0.5) is 0 Å². The number of hydrogen-bond acceptors (Lipinski definition) is 6. The number of carbonyl (C=O) groups is 4. The predicted octanol–water partition coefficient (Wildman–Crippen LogP) is 1.40. The van der Waals surface area contributed by atoms with Gasteiger partial charge in [0.1, 0.15) is 0 Å². The van der Waals surface area contributed by atoms with E-state index in [2.05, 4.69) is 0 Å².